The smallest absolute Gasteiger partial charge is 0.408 e. The number of nitrogens with zero attached hydrogens (tertiary/aromatic N) is 1. The molecule has 0 saturated heterocycles. The Balaban J connectivity index is 2.06. The van der Waals surface area contributed by atoms with Crippen LogP contribution in [-0.4, -0.2) is 42.2 Å². The maximum atomic E-state index is 13.1. The number of ether oxygens (including phenoxy) is 2. The molecule has 0 aliphatic carbocycles. The van der Waals surface area contributed by atoms with E-state index in [0.717, 1.165) is 5.57 Å². The Morgan fingerprint density at radius 3 is 2.70 bits per heavy atom. The van der Waals surface area contributed by atoms with Crippen molar-refractivity contribution in [1.82, 2.24) is 4.90 Å². The van der Waals surface area contributed by atoms with E-state index in [1.54, 1.807) is 31.3 Å². The Bertz CT molecular complexity index is 877. The lowest BCUT2D eigenvalue weighted by Gasteiger charge is -2.27. The van der Waals surface area contributed by atoms with Gasteiger partial charge < -0.3 is 31.2 Å². The minimum Gasteiger partial charge on any atom is -0.408 e. The number of carbonyl (C=O) groups excluding carboxylic acids is 3. The zero-order valence-electron chi connectivity index (χ0n) is 14.9. The van der Waals surface area contributed by atoms with Gasteiger partial charge in [0.2, 0.25) is 5.91 Å². The molecule has 0 fully saturated rings. The second-order valence-corrected chi connectivity index (χ2v) is 6.28. The van der Waals surface area contributed by atoms with E-state index in [2.05, 4.69) is 5.32 Å². The highest BCUT2D eigenvalue weighted by Crippen LogP contribution is 2.39. The number of benzene rings is 1. The van der Waals surface area contributed by atoms with Crippen molar-refractivity contribution in [3.05, 3.63) is 47.2 Å². The third kappa shape index (κ3) is 3.49. The lowest BCUT2D eigenvalue weighted by atomic mass is 10.1. The summed E-state index contributed by atoms with van der Waals surface area (Å²) in [6.07, 6.45) is 3.38. The first kappa shape index (κ1) is 18.5. The molecule has 1 aromatic carbocycles. The van der Waals surface area contributed by atoms with E-state index in [1.807, 2.05) is 0 Å². The summed E-state index contributed by atoms with van der Waals surface area (Å²) in [4.78, 5) is 36.9. The first-order valence-corrected chi connectivity index (χ1v) is 8.23. The van der Waals surface area contributed by atoms with Crippen molar-refractivity contribution in [2.45, 2.75) is 25.6 Å². The number of nitrogens with two attached hydrogens (primary N) is 2. The maximum absolute atomic E-state index is 13.1. The molecule has 0 aromatic heterocycles. The molecule has 0 spiro atoms. The molecule has 0 radical (unpaired) electrons. The van der Waals surface area contributed by atoms with Crippen LogP contribution in [0.1, 0.15) is 22.3 Å². The number of fused-ring (bicyclic) bond motifs is 2. The lowest BCUT2D eigenvalue weighted by Crippen LogP contribution is -2.43. The molecule has 3 rings (SSSR count). The van der Waals surface area contributed by atoms with Gasteiger partial charge >= 0.3 is 6.09 Å². The van der Waals surface area contributed by atoms with Gasteiger partial charge in [0.05, 0.1) is 17.3 Å². The van der Waals surface area contributed by atoms with Crippen LogP contribution in [0.4, 0.5) is 10.5 Å². The Morgan fingerprint density at radius 1 is 1.33 bits per heavy atom. The number of carbonyl (C=O) groups is 3. The molecule has 3 amide bonds. The van der Waals surface area contributed by atoms with Crippen molar-refractivity contribution in [2.75, 3.05) is 12.4 Å². The van der Waals surface area contributed by atoms with Crippen LogP contribution < -0.4 is 21.5 Å². The van der Waals surface area contributed by atoms with E-state index >= 15 is 0 Å². The van der Waals surface area contributed by atoms with E-state index in [4.69, 9.17) is 20.9 Å². The van der Waals surface area contributed by atoms with Crippen LogP contribution in [0.25, 0.3) is 0 Å². The van der Waals surface area contributed by atoms with Crippen LogP contribution >= 0.6 is 0 Å². The average Bonchev–Trinajstić information content (AvgIpc) is 2.99. The molecule has 27 heavy (non-hydrogen) atoms. The molecular weight excluding hydrogens is 352 g/mol. The molecular formula is C18H20N4O5. The predicted octanol–water partition coefficient (Wildman–Crippen LogP) is 0.990. The Morgan fingerprint density at radius 2 is 2.07 bits per heavy atom. The number of nitrogens with one attached hydrogen (secondary N) is 1. The summed E-state index contributed by atoms with van der Waals surface area (Å²) in [5, 5.41) is 3.14. The summed E-state index contributed by atoms with van der Waals surface area (Å²) < 4.78 is 10.7. The van der Waals surface area contributed by atoms with Crippen LogP contribution in [0.15, 0.2) is 36.1 Å². The quantitative estimate of drug-likeness (QED) is 0.674. The predicted molar refractivity (Wildman–Crippen MR) is 96.8 cm³/mol. The first-order valence-electron chi connectivity index (χ1n) is 8.23. The number of aryl methyl sites for hydroxylation is 1. The fraction of sp³-hybridized carbons (Fsp3) is 0.278. The fourth-order valence-corrected chi connectivity index (χ4v) is 3.26. The molecule has 2 heterocycles. The number of hydrogen-bond donors (Lipinski definition) is 3. The van der Waals surface area contributed by atoms with Crippen LogP contribution in [0.5, 0.6) is 5.75 Å². The summed E-state index contributed by atoms with van der Waals surface area (Å²) in [6, 6.07) is 2.96. The van der Waals surface area contributed by atoms with Gasteiger partial charge in [-0.05, 0) is 30.5 Å². The molecule has 1 aromatic rings. The maximum Gasteiger partial charge on any atom is 0.410 e. The second-order valence-electron chi connectivity index (χ2n) is 6.28. The number of amides is 3. The van der Waals surface area contributed by atoms with Crippen molar-refractivity contribution in [3.63, 3.8) is 0 Å². The van der Waals surface area contributed by atoms with Crippen molar-refractivity contribution in [2.24, 2.45) is 11.5 Å². The highest BCUT2D eigenvalue weighted by atomic mass is 16.5. The standard InChI is InChI=1S/C18H20N4O5/c1-9-3-5-11-14(15(9)27-18(20)25)21-16(26-2)12-7-10(4-6-13(19)23)8-22(12)17(11)24/h3-6,8,12,16,21H,7H2,1-2H3,(H2,19,23)(H2,20,25)/b6-4+. The number of rotatable bonds is 4. The molecule has 2 unspecified atom stereocenters. The Labute approximate surface area is 155 Å². The molecule has 2 aliphatic rings. The molecule has 0 bridgehead atoms. The number of methoxy groups -OCH3 is 1. The molecule has 5 N–H and O–H groups in total. The molecule has 0 saturated carbocycles. The second kappa shape index (κ2) is 7.12. The minimum atomic E-state index is -0.974. The highest BCUT2D eigenvalue weighted by molar-refractivity contribution is 6.03. The normalized spacial score (nSPS) is 21.2. The largest absolute Gasteiger partial charge is 0.410 e. The lowest BCUT2D eigenvalue weighted by molar-refractivity contribution is -0.113. The van der Waals surface area contributed by atoms with Gasteiger partial charge in [-0.1, -0.05) is 12.1 Å². The van der Waals surface area contributed by atoms with Gasteiger partial charge in [-0.2, -0.15) is 0 Å². The summed E-state index contributed by atoms with van der Waals surface area (Å²) in [6.45, 7) is 1.74. The third-order valence-corrected chi connectivity index (χ3v) is 4.48. The van der Waals surface area contributed by atoms with E-state index in [1.165, 1.54) is 18.1 Å². The SMILES string of the molecule is COC1Nc2c(ccc(C)c2OC(N)=O)C(=O)N2C=C(/C=C/C(N)=O)CC12. The van der Waals surface area contributed by atoms with Gasteiger partial charge in [-0.15, -0.1) is 0 Å². The summed E-state index contributed by atoms with van der Waals surface area (Å²) >= 11 is 0. The van der Waals surface area contributed by atoms with Crippen molar-refractivity contribution in [1.29, 1.82) is 0 Å². The Kier molecular flexibility index (Phi) is 4.87. The van der Waals surface area contributed by atoms with E-state index in [0.29, 0.717) is 23.2 Å². The number of anilines is 1. The molecule has 142 valence electrons. The fourth-order valence-electron chi connectivity index (χ4n) is 3.26. The van der Waals surface area contributed by atoms with Gasteiger partial charge in [0.15, 0.2) is 5.75 Å². The summed E-state index contributed by atoms with van der Waals surface area (Å²) in [5.41, 5.74) is 12.4. The van der Waals surface area contributed by atoms with Crippen LogP contribution in [0, 0.1) is 6.92 Å². The molecule has 9 nitrogen and oxygen atoms in total. The van der Waals surface area contributed by atoms with E-state index in [-0.39, 0.29) is 17.7 Å². The zero-order valence-corrected chi connectivity index (χ0v) is 14.9. The van der Waals surface area contributed by atoms with Gasteiger partial charge in [0.1, 0.15) is 6.23 Å². The van der Waals surface area contributed by atoms with Crippen LogP contribution in [0.3, 0.4) is 0 Å². The van der Waals surface area contributed by atoms with E-state index < -0.39 is 18.2 Å². The van der Waals surface area contributed by atoms with Gasteiger partial charge in [0.25, 0.3) is 5.91 Å². The van der Waals surface area contributed by atoms with Gasteiger partial charge in [-0.25, -0.2) is 4.79 Å². The van der Waals surface area contributed by atoms with Crippen molar-refractivity contribution < 1.29 is 23.9 Å². The number of allylic oxidation sites excluding steroid dienone is 1. The van der Waals surface area contributed by atoms with Crippen LogP contribution in [-0.2, 0) is 9.53 Å². The number of hydrogen-bond acceptors (Lipinski definition) is 6. The van der Waals surface area contributed by atoms with E-state index in [9.17, 15) is 14.4 Å². The summed E-state index contributed by atoms with van der Waals surface area (Å²) in [5.74, 6) is -0.673. The minimum absolute atomic E-state index is 0.189. The zero-order chi connectivity index (χ0) is 19.7. The Hall–Kier alpha value is -3.33. The topological polar surface area (TPSA) is 137 Å². The molecule has 2 atom stereocenters. The molecule has 2 aliphatic heterocycles. The molecule has 9 heteroatoms. The van der Waals surface area contributed by atoms with Gasteiger partial charge in [0, 0.05) is 19.4 Å². The highest BCUT2D eigenvalue weighted by Gasteiger charge is 2.40. The average molecular weight is 372 g/mol. The van der Waals surface area contributed by atoms with Crippen LogP contribution in [0.2, 0.25) is 0 Å². The van der Waals surface area contributed by atoms with Crippen molar-refractivity contribution in [3.8, 4) is 5.75 Å². The summed E-state index contributed by atoms with van der Waals surface area (Å²) in [7, 11) is 1.51. The monoisotopic (exact) mass is 372 g/mol. The number of primary amides is 2. The third-order valence-electron chi connectivity index (χ3n) is 4.48. The first-order chi connectivity index (χ1) is 12.8. The van der Waals surface area contributed by atoms with Crippen molar-refractivity contribution >= 4 is 23.6 Å². The van der Waals surface area contributed by atoms with Gasteiger partial charge in [-0.3, -0.25) is 9.59 Å².